The van der Waals surface area contributed by atoms with Gasteiger partial charge in [-0.05, 0) is 49.2 Å². The van der Waals surface area contributed by atoms with Crippen molar-refractivity contribution in [2.75, 3.05) is 26.3 Å². The minimum atomic E-state index is -3.53. The van der Waals surface area contributed by atoms with Crippen LogP contribution in [-0.4, -0.2) is 44.9 Å². The van der Waals surface area contributed by atoms with E-state index in [4.69, 9.17) is 4.74 Å². The standard InChI is InChI=1S/C24H26N2O4S2/c1-17-6-8-19(9-7-17)18(2)25-24(27)21-5-3-4-20(16-21)22-10-11-23(31-22)32(28,29)26-12-14-30-15-13-26/h3-11,16,18H,12-15H2,1-2H3,(H,25,27)/t18-/m0/s1. The maximum Gasteiger partial charge on any atom is 0.252 e. The zero-order valence-corrected chi connectivity index (χ0v) is 19.7. The number of ether oxygens (including phenoxy) is 1. The molecule has 4 rings (SSSR count). The molecule has 1 amide bonds. The Morgan fingerprint density at radius 3 is 2.50 bits per heavy atom. The molecule has 0 bridgehead atoms. The predicted molar refractivity (Wildman–Crippen MR) is 126 cm³/mol. The zero-order chi connectivity index (χ0) is 22.7. The largest absolute Gasteiger partial charge is 0.379 e. The highest BCUT2D eigenvalue weighted by Gasteiger charge is 2.28. The molecule has 1 saturated heterocycles. The summed E-state index contributed by atoms with van der Waals surface area (Å²) in [4.78, 5) is 13.6. The Bertz CT molecular complexity index is 1200. The van der Waals surface area contributed by atoms with Gasteiger partial charge in [0.2, 0.25) is 0 Å². The number of carbonyl (C=O) groups excluding carboxylic acids is 1. The van der Waals surface area contributed by atoms with Gasteiger partial charge in [-0.2, -0.15) is 4.31 Å². The van der Waals surface area contributed by atoms with Crippen LogP contribution in [0.3, 0.4) is 0 Å². The predicted octanol–water partition coefficient (Wildman–Crippen LogP) is 4.24. The van der Waals surface area contributed by atoms with Crippen molar-refractivity contribution in [3.8, 4) is 10.4 Å². The number of rotatable bonds is 6. The SMILES string of the molecule is Cc1ccc([C@H](C)NC(=O)c2cccc(-c3ccc(S(=O)(=O)N4CCOCC4)s3)c2)cc1. The Hall–Kier alpha value is -2.52. The number of hydrogen-bond acceptors (Lipinski definition) is 5. The molecule has 0 spiro atoms. The Balaban J connectivity index is 1.50. The van der Waals surface area contributed by atoms with Gasteiger partial charge in [0, 0.05) is 23.5 Å². The molecule has 0 radical (unpaired) electrons. The third-order valence-corrected chi connectivity index (χ3v) is 8.98. The number of nitrogens with zero attached hydrogens (tertiary/aromatic N) is 1. The summed E-state index contributed by atoms with van der Waals surface area (Å²) < 4.78 is 32.8. The molecule has 0 unspecified atom stereocenters. The van der Waals surface area contributed by atoms with Crippen molar-refractivity contribution in [3.63, 3.8) is 0 Å². The van der Waals surface area contributed by atoms with Gasteiger partial charge >= 0.3 is 0 Å². The summed E-state index contributed by atoms with van der Waals surface area (Å²) in [6.07, 6.45) is 0. The van der Waals surface area contributed by atoms with Crippen LogP contribution in [0, 0.1) is 6.92 Å². The fourth-order valence-corrected chi connectivity index (χ4v) is 6.43. The Labute approximate surface area is 192 Å². The van der Waals surface area contributed by atoms with Crippen LogP contribution in [0.5, 0.6) is 0 Å². The average molecular weight is 471 g/mol. The normalized spacial score (nSPS) is 15.9. The molecule has 0 aliphatic carbocycles. The lowest BCUT2D eigenvalue weighted by Crippen LogP contribution is -2.40. The lowest BCUT2D eigenvalue weighted by atomic mass is 10.1. The molecule has 32 heavy (non-hydrogen) atoms. The third-order valence-electron chi connectivity index (χ3n) is 5.48. The second kappa shape index (κ2) is 9.54. The van der Waals surface area contributed by atoms with Gasteiger partial charge in [-0.3, -0.25) is 4.79 Å². The van der Waals surface area contributed by atoms with Crippen LogP contribution in [0.25, 0.3) is 10.4 Å². The molecule has 6 nitrogen and oxygen atoms in total. The van der Waals surface area contributed by atoms with Crippen molar-refractivity contribution >= 4 is 27.3 Å². The van der Waals surface area contributed by atoms with Crippen LogP contribution in [0.2, 0.25) is 0 Å². The van der Waals surface area contributed by atoms with Crippen molar-refractivity contribution in [3.05, 3.63) is 77.4 Å². The molecule has 0 saturated carbocycles. The lowest BCUT2D eigenvalue weighted by molar-refractivity contribution is 0.0731. The molecule has 1 aliphatic rings. The van der Waals surface area contributed by atoms with E-state index in [2.05, 4.69) is 5.32 Å². The summed E-state index contributed by atoms with van der Waals surface area (Å²) in [5, 5.41) is 3.03. The second-order valence-corrected chi connectivity index (χ2v) is 11.1. The number of hydrogen-bond donors (Lipinski definition) is 1. The fraction of sp³-hybridized carbons (Fsp3) is 0.292. The first-order valence-corrected chi connectivity index (χ1v) is 12.8. The fourth-order valence-electron chi connectivity index (χ4n) is 3.56. The Kier molecular flexibility index (Phi) is 6.76. The Morgan fingerprint density at radius 2 is 1.78 bits per heavy atom. The molecule has 3 aromatic rings. The van der Waals surface area contributed by atoms with Crippen molar-refractivity contribution in [2.24, 2.45) is 0 Å². The smallest absolute Gasteiger partial charge is 0.252 e. The minimum absolute atomic E-state index is 0.126. The molecule has 168 valence electrons. The third kappa shape index (κ3) is 4.94. The van der Waals surface area contributed by atoms with Gasteiger partial charge in [0.05, 0.1) is 19.3 Å². The van der Waals surface area contributed by atoms with Crippen LogP contribution < -0.4 is 5.32 Å². The summed E-state index contributed by atoms with van der Waals surface area (Å²) in [5.41, 5.74) is 3.56. The van der Waals surface area contributed by atoms with Crippen LogP contribution in [0.4, 0.5) is 0 Å². The highest BCUT2D eigenvalue weighted by Crippen LogP contribution is 2.33. The quantitative estimate of drug-likeness (QED) is 0.585. The molecular formula is C24H26N2O4S2. The second-order valence-electron chi connectivity index (χ2n) is 7.82. The molecule has 1 aromatic heterocycles. The first kappa shape index (κ1) is 22.7. The minimum Gasteiger partial charge on any atom is -0.379 e. The molecule has 1 N–H and O–H groups in total. The first-order valence-electron chi connectivity index (χ1n) is 10.5. The molecule has 1 aliphatic heterocycles. The number of aryl methyl sites for hydroxylation is 1. The molecular weight excluding hydrogens is 444 g/mol. The number of amides is 1. The van der Waals surface area contributed by atoms with E-state index in [0.717, 1.165) is 16.0 Å². The summed E-state index contributed by atoms with van der Waals surface area (Å²) in [5.74, 6) is -0.169. The van der Waals surface area contributed by atoms with E-state index in [1.54, 1.807) is 24.3 Å². The highest BCUT2D eigenvalue weighted by molar-refractivity contribution is 7.91. The van der Waals surface area contributed by atoms with E-state index < -0.39 is 10.0 Å². The highest BCUT2D eigenvalue weighted by atomic mass is 32.2. The van der Waals surface area contributed by atoms with Gasteiger partial charge in [-0.15, -0.1) is 11.3 Å². The molecule has 2 aromatic carbocycles. The molecule has 8 heteroatoms. The van der Waals surface area contributed by atoms with Gasteiger partial charge in [-0.25, -0.2) is 8.42 Å². The topological polar surface area (TPSA) is 75.7 Å². The van der Waals surface area contributed by atoms with Gasteiger partial charge in [0.1, 0.15) is 4.21 Å². The first-order chi connectivity index (χ1) is 15.3. The van der Waals surface area contributed by atoms with Crippen molar-refractivity contribution < 1.29 is 17.9 Å². The number of morpholine rings is 1. The van der Waals surface area contributed by atoms with Crippen molar-refractivity contribution in [1.29, 1.82) is 0 Å². The van der Waals surface area contributed by atoms with E-state index >= 15 is 0 Å². The summed E-state index contributed by atoms with van der Waals surface area (Å²) in [6, 6.07) is 18.6. The lowest BCUT2D eigenvalue weighted by Gasteiger charge is -2.25. The van der Waals surface area contributed by atoms with Crippen molar-refractivity contribution in [2.45, 2.75) is 24.1 Å². The van der Waals surface area contributed by atoms with Crippen LogP contribution in [0.15, 0.2) is 64.9 Å². The monoisotopic (exact) mass is 470 g/mol. The number of thiophene rings is 1. The van der Waals surface area contributed by atoms with Crippen molar-refractivity contribution in [1.82, 2.24) is 9.62 Å². The van der Waals surface area contributed by atoms with Gasteiger partial charge < -0.3 is 10.1 Å². The van der Waals surface area contributed by atoms with Gasteiger partial charge in [0.15, 0.2) is 0 Å². The van der Waals surface area contributed by atoms with Crippen LogP contribution in [0.1, 0.15) is 34.5 Å². The van der Waals surface area contributed by atoms with E-state index in [0.29, 0.717) is 36.1 Å². The maximum atomic E-state index is 12.9. The summed E-state index contributed by atoms with van der Waals surface area (Å²) >= 11 is 1.22. The van der Waals surface area contributed by atoms with E-state index in [9.17, 15) is 13.2 Å². The molecule has 1 fully saturated rings. The van der Waals surface area contributed by atoms with E-state index in [1.165, 1.54) is 21.2 Å². The van der Waals surface area contributed by atoms with Gasteiger partial charge in [0.25, 0.3) is 15.9 Å². The average Bonchev–Trinajstić information content (AvgIpc) is 3.31. The van der Waals surface area contributed by atoms with E-state index in [-0.39, 0.29) is 11.9 Å². The van der Waals surface area contributed by atoms with Crippen LogP contribution >= 0.6 is 11.3 Å². The summed E-state index contributed by atoms with van der Waals surface area (Å²) in [6.45, 7) is 5.54. The van der Waals surface area contributed by atoms with Gasteiger partial charge in [-0.1, -0.05) is 42.0 Å². The number of sulfonamides is 1. The Morgan fingerprint density at radius 1 is 1.06 bits per heavy atom. The number of benzene rings is 2. The molecule has 2 heterocycles. The zero-order valence-electron chi connectivity index (χ0n) is 18.1. The summed E-state index contributed by atoms with van der Waals surface area (Å²) in [7, 11) is -3.53. The van der Waals surface area contributed by atoms with E-state index in [1.807, 2.05) is 50.2 Å². The maximum absolute atomic E-state index is 12.9. The molecule has 1 atom stereocenters. The number of nitrogens with one attached hydrogen (secondary N) is 1. The van der Waals surface area contributed by atoms with Crippen LogP contribution in [-0.2, 0) is 14.8 Å². The number of carbonyl (C=O) groups is 1.